The summed E-state index contributed by atoms with van der Waals surface area (Å²) in [6.45, 7) is 3.97. The van der Waals surface area contributed by atoms with Gasteiger partial charge in [-0.25, -0.2) is 4.98 Å². The van der Waals surface area contributed by atoms with Gasteiger partial charge in [0.2, 0.25) is 11.8 Å². The highest BCUT2D eigenvalue weighted by atomic mass is 16.5. The molecule has 2 aliphatic heterocycles. The van der Waals surface area contributed by atoms with Crippen molar-refractivity contribution in [3.63, 3.8) is 0 Å². The second-order valence-corrected chi connectivity index (χ2v) is 5.34. The summed E-state index contributed by atoms with van der Waals surface area (Å²) in [6.07, 6.45) is 5.42. The van der Waals surface area contributed by atoms with Crippen molar-refractivity contribution in [3.8, 4) is 5.88 Å². The lowest BCUT2D eigenvalue weighted by molar-refractivity contribution is 0.0500. The Kier molecular flexibility index (Phi) is 3.82. The first-order valence-corrected chi connectivity index (χ1v) is 7.06. The van der Waals surface area contributed by atoms with Crippen molar-refractivity contribution in [3.05, 3.63) is 12.3 Å². The Hall–Kier alpha value is -1.36. The zero-order valence-corrected chi connectivity index (χ0v) is 11.4. The van der Waals surface area contributed by atoms with Gasteiger partial charge in [0, 0.05) is 38.6 Å². The summed E-state index contributed by atoms with van der Waals surface area (Å²) in [5.74, 6) is 3.01. The second-order valence-electron chi connectivity index (χ2n) is 5.34. The Labute approximate surface area is 113 Å². The lowest BCUT2D eigenvalue weighted by Gasteiger charge is -2.27. The Morgan fingerprint density at radius 3 is 2.89 bits per heavy atom. The van der Waals surface area contributed by atoms with E-state index in [1.54, 1.807) is 19.4 Å². The third-order valence-electron chi connectivity index (χ3n) is 4.27. The second kappa shape index (κ2) is 5.74. The molecule has 1 atom stereocenters. The number of ether oxygens (including phenoxy) is 2. The van der Waals surface area contributed by atoms with Crippen LogP contribution in [0.25, 0.3) is 0 Å². The van der Waals surface area contributed by atoms with Crippen molar-refractivity contribution < 1.29 is 9.47 Å². The molecular weight excluding hydrogens is 242 g/mol. The first-order valence-electron chi connectivity index (χ1n) is 7.06. The topological polar surface area (TPSA) is 47.5 Å². The zero-order valence-electron chi connectivity index (χ0n) is 11.4. The maximum atomic E-state index is 5.45. The first-order chi connectivity index (χ1) is 9.36. The fourth-order valence-electron chi connectivity index (χ4n) is 3.14. The van der Waals surface area contributed by atoms with E-state index in [0.29, 0.717) is 5.88 Å². The largest absolute Gasteiger partial charge is 0.481 e. The summed E-state index contributed by atoms with van der Waals surface area (Å²) in [6, 6.07) is 1.79. The standard InChI is InChI=1S/C14H21N3O2/c1-18-13-2-6-15-14(16-13)17-7-3-12(10-17)11-4-8-19-9-5-11/h2,6,11-12H,3-5,7-10H2,1H3/t12-/m0/s1. The lowest BCUT2D eigenvalue weighted by atomic mass is 9.85. The monoisotopic (exact) mass is 263 g/mol. The molecule has 5 nitrogen and oxygen atoms in total. The summed E-state index contributed by atoms with van der Waals surface area (Å²) in [5.41, 5.74) is 0. The maximum absolute atomic E-state index is 5.45. The summed E-state index contributed by atoms with van der Waals surface area (Å²) < 4.78 is 10.6. The highest BCUT2D eigenvalue weighted by Gasteiger charge is 2.31. The molecule has 2 aliphatic rings. The van der Waals surface area contributed by atoms with Gasteiger partial charge in [0.05, 0.1) is 7.11 Å². The van der Waals surface area contributed by atoms with Crippen LogP contribution in [0.5, 0.6) is 5.88 Å². The van der Waals surface area contributed by atoms with E-state index >= 15 is 0 Å². The van der Waals surface area contributed by atoms with Gasteiger partial charge in [0.25, 0.3) is 0 Å². The van der Waals surface area contributed by atoms with Crippen LogP contribution in [0, 0.1) is 11.8 Å². The minimum absolute atomic E-state index is 0.638. The van der Waals surface area contributed by atoms with Gasteiger partial charge in [0.15, 0.2) is 0 Å². The van der Waals surface area contributed by atoms with Gasteiger partial charge >= 0.3 is 0 Å². The van der Waals surface area contributed by atoms with Gasteiger partial charge in [-0.3, -0.25) is 0 Å². The van der Waals surface area contributed by atoms with Crippen molar-refractivity contribution in [2.45, 2.75) is 19.3 Å². The molecule has 5 heteroatoms. The van der Waals surface area contributed by atoms with Crippen LogP contribution in [0.2, 0.25) is 0 Å². The molecule has 3 heterocycles. The molecule has 0 saturated carbocycles. The average molecular weight is 263 g/mol. The van der Waals surface area contributed by atoms with E-state index in [1.807, 2.05) is 0 Å². The van der Waals surface area contributed by atoms with Crippen molar-refractivity contribution in [1.82, 2.24) is 9.97 Å². The summed E-state index contributed by atoms with van der Waals surface area (Å²) in [4.78, 5) is 11.1. The number of hydrogen-bond donors (Lipinski definition) is 0. The van der Waals surface area contributed by atoms with Crippen molar-refractivity contribution >= 4 is 5.95 Å². The van der Waals surface area contributed by atoms with Gasteiger partial charge in [-0.1, -0.05) is 0 Å². The molecular formula is C14H21N3O2. The van der Waals surface area contributed by atoms with Crippen LogP contribution < -0.4 is 9.64 Å². The molecule has 1 aromatic heterocycles. The summed E-state index contributed by atoms with van der Waals surface area (Å²) >= 11 is 0. The van der Waals surface area contributed by atoms with E-state index in [4.69, 9.17) is 9.47 Å². The van der Waals surface area contributed by atoms with Gasteiger partial charge in [-0.2, -0.15) is 4.98 Å². The fraction of sp³-hybridized carbons (Fsp3) is 0.714. The molecule has 1 aromatic rings. The summed E-state index contributed by atoms with van der Waals surface area (Å²) in [5, 5.41) is 0. The first kappa shape index (κ1) is 12.7. The fourth-order valence-corrected chi connectivity index (χ4v) is 3.14. The lowest BCUT2D eigenvalue weighted by Crippen LogP contribution is -2.27. The van der Waals surface area contributed by atoms with Crippen molar-refractivity contribution in [2.24, 2.45) is 11.8 Å². The number of anilines is 1. The van der Waals surface area contributed by atoms with E-state index in [2.05, 4.69) is 14.9 Å². The Morgan fingerprint density at radius 2 is 2.11 bits per heavy atom. The van der Waals surface area contributed by atoms with E-state index in [9.17, 15) is 0 Å². The van der Waals surface area contributed by atoms with Crippen LogP contribution >= 0.6 is 0 Å². The molecule has 0 unspecified atom stereocenters. The van der Waals surface area contributed by atoms with Crippen molar-refractivity contribution in [2.75, 3.05) is 38.3 Å². The van der Waals surface area contributed by atoms with Crippen LogP contribution in [-0.4, -0.2) is 43.4 Å². The Morgan fingerprint density at radius 1 is 1.26 bits per heavy atom. The van der Waals surface area contributed by atoms with E-state index in [-0.39, 0.29) is 0 Å². The molecule has 2 fully saturated rings. The van der Waals surface area contributed by atoms with Gasteiger partial charge in [-0.05, 0) is 31.1 Å². The third-order valence-corrected chi connectivity index (χ3v) is 4.27. The van der Waals surface area contributed by atoms with E-state index in [1.165, 1.54) is 19.3 Å². The summed E-state index contributed by atoms with van der Waals surface area (Å²) in [7, 11) is 1.64. The molecule has 0 radical (unpaired) electrons. The molecule has 0 aliphatic carbocycles. The Balaban J connectivity index is 1.64. The smallest absolute Gasteiger partial charge is 0.228 e. The van der Waals surface area contributed by atoms with Gasteiger partial charge < -0.3 is 14.4 Å². The minimum Gasteiger partial charge on any atom is -0.481 e. The predicted octanol–water partition coefficient (Wildman–Crippen LogP) is 1.74. The number of rotatable bonds is 3. The molecule has 104 valence electrons. The van der Waals surface area contributed by atoms with Gasteiger partial charge in [-0.15, -0.1) is 0 Å². The van der Waals surface area contributed by atoms with Crippen LogP contribution in [0.4, 0.5) is 5.95 Å². The van der Waals surface area contributed by atoms with Crippen molar-refractivity contribution in [1.29, 1.82) is 0 Å². The minimum atomic E-state index is 0.638. The quantitative estimate of drug-likeness (QED) is 0.831. The number of methoxy groups -OCH3 is 1. The maximum Gasteiger partial charge on any atom is 0.228 e. The highest BCUT2D eigenvalue weighted by molar-refractivity contribution is 5.33. The molecule has 0 spiro atoms. The van der Waals surface area contributed by atoms with E-state index in [0.717, 1.165) is 44.1 Å². The molecule has 0 N–H and O–H groups in total. The Bertz CT molecular complexity index is 421. The predicted molar refractivity (Wildman–Crippen MR) is 72.4 cm³/mol. The van der Waals surface area contributed by atoms with Gasteiger partial charge in [0.1, 0.15) is 0 Å². The molecule has 3 rings (SSSR count). The van der Waals surface area contributed by atoms with Crippen LogP contribution in [0.15, 0.2) is 12.3 Å². The number of nitrogens with zero attached hydrogens (tertiary/aromatic N) is 3. The number of hydrogen-bond acceptors (Lipinski definition) is 5. The third kappa shape index (κ3) is 2.81. The number of aromatic nitrogens is 2. The molecule has 2 saturated heterocycles. The molecule has 0 bridgehead atoms. The highest BCUT2D eigenvalue weighted by Crippen LogP contribution is 2.32. The molecule has 0 amide bonds. The van der Waals surface area contributed by atoms with Crippen LogP contribution in [0.1, 0.15) is 19.3 Å². The normalized spacial score (nSPS) is 24.7. The van der Waals surface area contributed by atoms with Crippen LogP contribution in [-0.2, 0) is 4.74 Å². The van der Waals surface area contributed by atoms with E-state index < -0.39 is 0 Å². The zero-order chi connectivity index (χ0) is 13.1. The molecule has 0 aromatic carbocycles. The van der Waals surface area contributed by atoms with Crippen LogP contribution in [0.3, 0.4) is 0 Å². The average Bonchev–Trinajstić information content (AvgIpc) is 2.98. The SMILES string of the molecule is COc1ccnc(N2CC[C@H](C3CCOCC3)C2)n1. The molecule has 19 heavy (non-hydrogen) atoms.